The minimum Gasteiger partial charge on any atom is -0.367 e. The van der Waals surface area contributed by atoms with Crippen molar-refractivity contribution in [1.29, 1.82) is 0 Å². The van der Waals surface area contributed by atoms with Crippen LogP contribution in [-0.4, -0.2) is 19.4 Å². The summed E-state index contributed by atoms with van der Waals surface area (Å²) < 4.78 is 12.7. The summed E-state index contributed by atoms with van der Waals surface area (Å²) in [5, 5.41) is 0. The van der Waals surface area contributed by atoms with E-state index in [-0.39, 0.29) is 17.0 Å². The van der Waals surface area contributed by atoms with Gasteiger partial charge in [-0.05, 0) is 37.1 Å². The maximum absolute atomic E-state index is 12.7. The molecule has 2 nitrogen and oxygen atoms in total. The third-order valence-electron chi connectivity index (χ3n) is 3.32. The van der Waals surface area contributed by atoms with Crippen molar-refractivity contribution in [2.24, 2.45) is 5.41 Å². The van der Waals surface area contributed by atoms with Gasteiger partial charge in [-0.2, -0.15) is 0 Å². The molecular weight excluding hydrogens is 205 g/mol. The zero-order valence-corrected chi connectivity index (χ0v) is 9.66. The minimum atomic E-state index is -0.252. The van der Waals surface area contributed by atoms with Gasteiger partial charge in [0.25, 0.3) is 0 Å². The SMILES string of the molecule is CN(CC(=O)C1(C)CC1)c1ccc(F)cc1. The van der Waals surface area contributed by atoms with Crippen LogP contribution in [0.3, 0.4) is 0 Å². The summed E-state index contributed by atoms with van der Waals surface area (Å²) in [6, 6.07) is 6.21. The molecule has 0 amide bonds. The molecule has 0 aliphatic heterocycles. The summed E-state index contributed by atoms with van der Waals surface area (Å²) in [5.74, 6) is 0.0250. The highest BCUT2D eigenvalue weighted by Crippen LogP contribution is 2.45. The summed E-state index contributed by atoms with van der Waals surface area (Å²) in [4.78, 5) is 13.7. The van der Waals surface area contributed by atoms with Crippen LogP contribution >= 0.6 is 0 Å². The molecule has 2 rings (SSSR count). The fraction of sp³-hybridized carbons (Fsp3) is 0.462. The molecule has 3 heteroatoms. The Morgan fingerprint density at radius 2 is 1.94 bits per heavy atom. The highest BCUT2D eigenvalue weighted by molar-refractivity contribution is 5.90. The van der Waals surface area contributed by atoms with Crippen LogP contribution in [-0.2, 0) is 4.79 Å². The van der Waals surface area contributed by atoms with Gasteiger partial charge in [0.1, 0.15) is 5.82 Å². The van der Waals surface area contributed by atoms with Crippen molar-refractivity contribution >= 4 is 11.5 Å². The second-order valence-corrected chi connectivity index (χ2v) is 4.82. The average molecular weight is 221 g/mol. The van der Waals surface area contributed by atoms with E-state index in [1.54, 1.807) is 12.1 Å². The fourth-order valence-electron chi connectivity index (χ4n) is 1.66. The molecule has 0 heterocycles. The van der Waals surface area contributed by atoms with Crippen molar-refractivity contribution in [1.82, 2.24) is 0 Å². The Morgan fingerprint density at radius 1 is 1.38 bits per heavy atom. The molecule has 1 fully saturated rings. The van der Waals surface area contributed by atoms with Crippen LogP contribution in [0.4, 0.5) is 10.1 Å². The van der Waals surface area contributed by atoms with Crippen molar-refractivity contribution in [2.75, 3.05) is 18.5 Å². The van der Waals surface area contributed by atoms with E-state index in [9.17, 15) is 9.18 Å². The van der Waals surface area contributed by atoms with E-state index in [0.717, 1.165) is 18.5 Å². The number of nitrogens with zero attached hydrogens (tertiary/aromatic N) is 1. The first-order valence-electron chi connectivity index (χ1n) is 5.51. The number of hydrogen-bond acceptors (Lipinski definition) is 2. The second kappa shape index (κ2) is 3.89. The van der Waals surface area contributed by atoms with Gasteiger partial charge < -0.3 is 4.90 Å². The van der Waals surface area contributed by atoms with Crippen LogP contribution in [0.1, 0.15) is 19.8 Å². The molecule has 16 heavy (non-hydrogen) atoms. The molecule has 1 aliphatic rings. The van der Waals surface area contributed by atoms with Gasteiger partial charge in [-0.25, -0.2) is 4.39 Å². The zero-order chi connectivity index (χ0) is 11.8. The van der Waals surface area contributed by atoms with Gasteiger partial charge in [0.05, 0.1) is 6.54 Å². The molecule has 0 unspecified atom stereocenters. The normalized spacial score (nSPS) is 16.9. The number of halogens is 1. The lowest BCUT2D eigenvalue weighted by Gasteiger charge is -2.20. The number of carbonyl (C=O) groups is 1. The van der Waals surface area contributed by atoms with Gasteiger partial charge in [0.15, 0.2) is 5.78 Å². The summed E-state index contributed by atoms with van der Waals surface area (Å²) in [7, 11) is 1.86. The number of benzene rings is 1. The number of ketones is 1. The van der Waals surface area contributed by atoms with E-state index < -0.39 is 0 Å². The number of Topliss-reactive ketones (excluding diaryl/α,β-unsaturated/α-hetero) is 1. The van der Waals surface area contributed by atoms with E-state index in [1.807, 2.05) is 18.9 Å². The number of likely N-dealkylation sites (N-methyl/N-ethyl adjacent to an activating group) is 1. The molecule has 1 aromatic rings. The number of rotatable bonds is 4. The fourth-order valence-corrected chi connectivity index (χ4v) is 1.66. The Bertz CT molecular complexity index is 395. The lowest BCUT2D eigenvalue weighted by molar-refractivity contribution is -0.122. The predicted molar refractivity (Wildman–Crippen MR) is 62.0 cm³/mol. The van der Waals surface area contributed by atoms with E-state index in [4.69, 9.17) is 0 Å². The topological polar surface area (TPSA) is 20.3 Å². The summed E-state index contributed by atoms with van der Waals surface area (Å²) in [6.45, 7) is 2.41. The summed E-state index contributed by atoms with van der Waals surface area (Å²) in [6.07, 6.45) is 2.01. The van der Waals surface area contributed by atoms with Crippen molar-refractivity contribution in [3.05, 3.63) is 30.1 Å². The third-order valence-corrected chi connectivity index (χ3v) is 3.32. The van der Waals surface area contributed by atoms with Crippen LogP contribution in [0, 0.1) is 11.2 Å². The maximum Gasteiger partial charge on any atom is 0.157 e. The van der Waals surface area contributed by atoms with Crippen LogP contribution in [0.5, 0.6) is 0 Å². The minimum absolute atomic E-state index is 0.0890. The number of anilines is 1. The summed E-state index contributed by atoms with van der Waals surface area (Å²) in [5.41, 5.74) is 0.785. The van der Waals surface area contributed by atoms with Gasteiger partial charge >= 0.3 is 0 Å². The van der Waals surface area contributed by atoms with Crippen molar-refractivity contribution in [3.63, 3.8) is 0 Å². The number of carbonyl (C=O) groups excluding carboxylic acids is 1. The van der Waals surface area contributed by atoms with Crippen LogP contribution < -0.4 is 4.90 Å². The van der Waals surface area contributed by atoms with Crippen molar-refractivity contribution < 1.29 is 9.18 Å². The first-order valence-corrected chi connectivity index (χ1v) is 5.51. The molecule has 0 radical (unpaired) electrons. The molecule has 0 bridgehead atoms. The van der Waals surface area contributed by atoms with Gasteiger partial charge in [0.2, 0.25) is 0 Å². The molecule has 0 N–H and O–H groups in total. The van der Waals surface area contributed by atoms with Crippen LogP contribution in [0.2, 0.25) is 0 Å². The Balaban J connectivity index is 2.00. The maximum atomic E-state index is 12.7. The average Bonchev–Trinajstić information content (AvgIpc) is 2.99. The molecule has 1 saturated carbocycles. The van der Waals surface area contributed by atoms with E-state index >= 15 is 0 Å². The Kier molecular flexibility index (Phi) is 2.70. The van der Waals surface area contributed by atoms with Crippen molar-refractivity contribution in [2.45, 2.75) is 19.8 Å². The van der Waals surface area contributed by atoms with Gasteiger partial charge in [0, 0.05) is 18.2 Å². The molecule has 0 saturated heterocycles. The lowest BCUT2D eigenvalue weighted by atomic mass is 10.0. The largest absolute Gasteiger partial charge is 0.367 e. The van der Waals surface area contributed by atoms with E-state index in [2.05, 4.69) is 0 Å². The second-order valence-electron chi connectivity index (χ2n) is 4.82. The van der Waals surface area contributed by atoms with Gasteiger partial charge in [-0.3, -0.25) is 4.79 Å². The highest BCUT2D eigenvalue weighted by Gasteiger charge is 2.44. The van der Waals surface area contributed by atoms with E-state index in [0.29, 0.717) is 6.54 Å². The molecule has 86 valence electrons. The standard InChI is InChI=1S/C13H16FNO/c1-13(7-8-13)12(16)9-15(2)11-5-3-10(14)4-6-11/h3-6H,7-9H2,1-2H3. The monoisotopic (exact) mass is 221 g/mol. The van der Waals surface area contributed by atoms with Gasteiger partial charge in [-0.15, -0.1) is 0 Å². The predicted octanol–water partition coefficient (Wildman–Crippen LogP) is 2.63. The molecule has 1 aromatic carbocycles. The first-order chi connectivity index (χ1) is 7.51. The van der Waals surface area contributed by atoms with Crippen molar-refractivity contribution in [3.8, 4) is 0 Å². The smallest absolute Gasteiger partial charge is 0.157 e. The summed E-state index contributed by atoms with van der Waals surface area (Å²) >= 11 is 0. The van der Waals surface area contributed by atoms with E-state index in [1.165, 1.54) is 12.1 Å². The molecule has 0 spiro atoms. The highest BCUT2D eigenvalue weighted by atomic mass is 19.1. The van der Waals surface area contributed by atoms with Crippen LogP contribution in [0.25, 0.3) is 0 Å². The third kappa shape index (κ3) is 2.23. The Labute approximate surface area is 95.1 Å². The Morgan fingerprint density at radius 3 is 2.44 bits per heavy atom. The van der Waals surface area contributed by atoms with Gasteiger partial charge in [-0.1, -0.05) is 6.92 Å². The molecular formula is C13H16FNO. The lowest BCUT2D eigenvalue weighted by Crippen LogP contribution is -2.30. The quantitative estimate of drug-likeness (QED) is 0.779. The number of hydrogen-bond donors (Lipinski definition) is 0. The first kappa shape index (κ1) is 11.1. The zero-order valence-electron chi connectivity index (χ0n) is 9.66. The molecule has 0 aromatic heterocycles. The molecule has 1 aliphatic carbocycles. The molecule has 0 atom stereocenters. The Hall–Kier alpha value is -1.38. The van der Waals surface area contributed by atoms with Crippen LogP contribution in [0.15, 0.2) is 24.3 Å².